The van der Waals surface area contributed by atoms with Crippen LogP contribution in [0.4, 0.5) is 0 Å². The molecule has 5 nitrogen and oxygen atoms in total. The highest BCUT2D eigenvalue weighted by Crippen LogP contribution is 2.25. The number of nitrogens with zero attached hydrogens (tertiary/aromatic N) is 3. The van der Waals surface area contributed by atoms with Gasteiger partial charge < -0.3 is 10.9 Å². The SMILES string of the molecule is CC(C)C1CCCN(Cc2ccnc(C(N)=NO)c2)CC1. The number of likely N-dealkylation sites (tertiary alicyclic amines) is 1. The minimum atomic E-state index is 0.0626. The molecule has 5 heteroatoms. The van der Waals surface area contributed by atoms with E-state index in [4.69, 9.17) is 10.9 Å². The first-order valence-electron chi connectivity index (χ1n) is 7.75. The zero-order valence-electron chi connectivity index (χ0n) is 13.0. The summed E-state index contributed by atoms with van der Waals surface area (Å²) in [6.45, 7) is 7.84. The van der Waals surface area contributed by atoms with Crippen LogP contribution in [0.25, 0.3) is 0 Å². The summed E-state index contributed by atoms with van der Waals surface area (Å²) >= 11 is 0. The van der Waals surface area contributed by atoms with Crippen LogP contribution >= 0.6 is 0 Å². The number of rotatable bonds is 4. The van der Waals surface area contributed by atoms with Crippen molar-refractivity contribution in [3.8, 4) is 0 Å². The quantitative estimate of drug-likeness (QED) is 0.386. The van der Waals surface area contributed by atoms with Crippen LogP contribution in [-0.4, -0.2) is 34.0 Å². The predicted molar refractivity (Wildman–Crippen MR) is 84.2 cm³/mol. The summed E-state index contributed by atoms with van der Waals surface area (Å²) in [5.41, 5.74) is 7.29. The summed E-state index contributed by atoms with van der Waals surface area (Å²) in [7, 11) is 0. The van der Waals surface area contributed by atoms with Crippen LogP contribution < -0.4 is 5.73 Å². The highest BCUT2D eigenvalue weighted by molar-refractivity contribution is 5.95. The Morgan fingerprint density at radius 3 is 3.00 bits per heavy atom. The first-order chi connectivity index (χ1) is 10.1. The number of hydrogen-bond donors (Lipinski definition) is 2. The van der Waals surface area contributed by atoms with Crippen molar-refractivity contribution in [3.63, 3.8) is 0 Å². The Bertz CT molecular complexity index is 487. The zero-order valence-corrected chi connectivity index (χ0v) is 13.0. The molecule has 1 saturated heterocycles. The average Bonchev–Trinajstić information content (AvgIpc) is 2.72. The average molecular weight is 290 g/mol. The van der Waals surface area contributed by atoms with E-state index in [0.29, 0.717) is 5.69 Å². The smallest absolute Gasteiger partial charge is 0.188 e. The van der Waals surface area contributed by atoms with Crippen LogP contribution in [0.5, 0.6) is 0 Å². The number of hydrogen-bond acceptors (Lipinski definition) is 4. The van der Waals surface area contributed by atoms with E-state index in [0.717, 1.165) is 37.0 Å². The van der Waals surface area contributed by atoms with E-state index >= 15 is 0 Å². The van der Waals surface area contributed by atoms with Gasteiger partial charge in [-0.25, -0.2) is 0 Å². The van der Waals surface area contributed by atoms with Gasteiger partial charge in [0.15, 0.2) is 5.84 Å². The lowest BCUT2D eigenvalue weighted by atomic mass is 9.89. The van der Waals surface area contributed by atoms with E-state index < -0.39 is 0 Å². The molecule has 0 amide bonds. The van der Waals surface area contributed by atoms with Gasteiger partial charge in [0.2, 0.25) is 0 Å². The van der Waals surface area contributed by atoms with Crippen LogP contribution in [0.3, 0.4) is 0 Å². The molecule has 0 radical (unpaired) electrons. The molecule has 1 aliphatic rings. The van der Waals surface area contributed by atoms with Gasteiger partial charge in [-0.15, -0.1) is 0 Å². The second-order valence-electron chi connectivity index (χ2n) is 6.25. The Morgan fingerprint density at radius 2 is 2.29 bits per heavy atom. The molecule has 116 valence electrons. The molecule has 1 aromatic heterocycles. The maximum atomic E-state index is 8.73. The van der Waals surface area contributed by atoms with E-state index in [1.807, 2.05) is 12.1 Å². The highest BCUT2D eigenvalue weighted by atomic mass is 16.4. The van der Waals surface area contributed by atoms with Gasteiger partial charge in [-0.3, -0.25) is 9.88 Å². The van der Waals surface area contributed by atoms with Crippen molar-refractivity contribution in [2.45, 2.75) is 39.7 Å². The Labute approximate surface area is 126 Å². The molecule has 1 fully saturated rings. The van der Waals surface area contributed by atoms with Crippen LogP contribution in [0.1, 0.15) is 44.4 Å². The number of pyridine rings is 1. The summed E-state index contributed by atoms with van der Waals surface area (Å²) in [4.78, 5) is 6.62. The summed E-state index contributed by atoms with van der Waals surface area (Å²) < 4.78 is 0. The molecule has 0 saturated carbocycles. The largest absolute Gasteiger partial charge is 0.409 e. The maximum absolute atomic E-state index is 8.73. The molecular weight excluding hydrogens is 264 g/mol. The molecule has 2 rings (SSSR count). The zero-order chi connectivity index (χ0) is 15.2. The minimum Gasteiger partial charge on any atom is -0.409 e. The first kappa shape index (κ1) is 15.8. The molecule has 0 aliphatic carbocycles. The van der Waals surface area contributed by atoms with Crippen molar-refractivity contribution in [3.05, 3.63) is 29.6 Å². The molecule has 0 bridgehead atoms. The Kier molecular flexibility index (Phi) is 5.56. The van der Waals surface area contributed by atoms with Crippen molar-refractivity contribution in [1.82, 2.24) is 9.88 Å². The third-order valence-electron chi connectivity index (χ3n) is 4.41. The topological polar surface area (TPSA) is 74.7 Å². The van der Waals surface area contributed by atoms with Crippen LogP contribution in [0.2, 0.25) is 0 Å². The number of nitrogens with two attached hydrogens (primary N) is 1. The summed E-state index contributed by atoms with van der Waals surface area (Å²) in [5, 5.41) is 11.7. The van der Waals surface area contributed by atoms with Crippen LogP contribution in [0.15, 0.2) is 23.5 Å². The van der Waals surface area contributed by atoms with Crippen molar-refractivity contribution >= 4 is 5.84 Å². The van der Waals surface area contributed by atoms with Gasteiger partial charge in [0.05, 0.1) is 0 Å². The fourth-order valence-corrected chi connectivity index (χ4v) is 3.03. The summed E-state index contributed by atoms with van der Waals surface area (Å²) in [5.74, 6) is 1.69. The molecule has 0 aromatic carbocycles. The Hall–Kier alpha value is -1.62. The Balaban J connectivity index is 1.98. The molecule has 1 aromatic rings. The second-order valence-corrected chi connectivity index (χ2v) is 6.25. The number of oxime groups is 1. The first-order valence-corrected chi connectivity index (χ1v) is 7.75. The molecule has 21 heavy (non-hydrogen) atoms. The van der Waals surface area contributed by atoms with E-state index in [9.17, 15) is 0 Å². The van der Waals surface area contributed by atoms with E-state index in [1.54, 1.807) is 6.20 Å². The van der Waals surface area contributed by atoms with Gasteiger partial charge in [0, 0.05) is 12.7 Å². The fourth-order valence-electron chi connectivity index (χ4n) is 3.03. The lowest BCUT2D eigenvalue weighted by Gasteiger charge is -2.21. The van der Waals surface area contributed by atoms with Crippen molar-refractivity contribution in [2.24, 2.45) is 22.7 Å². The highest BCUT2D eigenvalue weighted by Gasteiger charge is 2.19. The standard InChI is InChI=1S/C16H26N4O/c1-12(2)14-4-3-8-20(9-6-14)11-13-5-7-18-15(10-13)16(17)19-21/h5,7,10,12,14,21H,3-4,6,8-9,11H2,1-2H3,(H2,17,19). The lowest BCUT2D eigenvalue weighted by Crippen LogP contribution is -2.25. The molecule has 0 spiro atoms. The van der Waals surface area contributed by atoms with Crippen LogP contribution in [-0.2, 0) is 6.54 Å². The van der Waals surface area contributed by atoms with Gasteiger partial charge in [-0.05, 0) is 61.9 Å². The monoisotopic (exact) mass is 290 g/mol. The van der Waals surface area contributed by atoms with Crippen molar-refractivity contribution < 1.29 is 5.21 Å². The number of amidine groups is 1. The van der Waals surface area contributed by atoms with Gasteiger partial charge in [-0.2, -0.15) is 0 Å². The van der Waals surface area contributed by atoms with Gasteiger partial charge in [-0.1, -0.05) is 19.0 Å². The molecule has 1 atom stereocenters. The third-order valence-corrected chi connectivity index (χ3v) is 4.41. The van der Waals surface area contributed by atoms with Gasteiger partial charge >= 0.3 is 0 Å². The molecule has 2 heterocycles. The molecule has 3 N–H and O–H groups in total. The van der Waals surface area contributed by atoms with E-state index in [-0.39, 0.29) is 5.84 Å². The van der Waals surface area contributed by atoms with Crippen molar-refractivity contribution in [1.29, 1.82) is 0 Å². The van der Waals surface area contributed by atoms with Gasteiger partial charge in [0.25, 0.3) is 0 Å². The number of aromatic nitrogens is 1. The maximum Gasteiger partial charge on any atom is 0.188 e. The van der Waals surface area contributed by atoms with E-state index in [2.05, 4.69) is 28.9 Å². The molecule has 1 aliphatic heterocycles. The third kappa shape index (κ3) is 4.43. The normalized spacial score (nSPS) is 21.5. The second kappa shape index (κ2) is 7.41. The molecule has 1 unspecified atom stereocenters. The molecular formula is C16H26N4O. The van der Waals surface area contributed by atoms with E-state index in [1.165, 1.54) is 19.3 Å². The summed E-state index contributed by atoms with van der Waals surface area (Å²) in [6, 6.07) is 3.90. The fraction of sp³-hybridized carbons (Fsp3) is 0.625. The predicted octanol–water partition coefficient (Wildman–Crippen LogP) is 2.43. The summed E-state index contributed by atoms with van der Waals surface area (Å²) in [6.07, 6.45) is 5.59. The van der Waals surface area contributed by atoms with Crippen LogP contribution in [0, 0.1) is 11.8 Å². The van der Waals surface area contributed by atoms with Crippen molar-refractivity contribution in [2.75, 3.05) is 13.1 Å². The Morgan fingerprint density at radius 1 is 1.48 bits per heavy atom. The van der Waals surface area contributed by atoms with Gasteiger partial charge in [0.1, 0.15) is 5.69 Å². The minimum absolute atomic E-state index is 0.0626. The lowest BCUT2D eigenvalue weighted by molar-refractivity contribution is 0.264.